The fourth-order valence-electron chi connectivity index (χ4n) is 2.36. The summed E-state index contributed by atoms with van der Waals surface area (Å²) in [6.07, 6.45) is 0. The molecule has 1 aromatic heterocycles. The van der Waals surface area contributed by atoms with Gasteiger partial charge in [0.2, 0.25) is 0 Å². The summed E-state index contributed by atoms with van der Waals surface area (Å²) in [4.78, 5) is 0. The lowest BCUT2D eigenvalue weighted by Gasteiger charge is -2.03. The van der Waals surface area contributed by atoms with Crippen LogP contribution in [0.5, 0.6) is 0 Å². The molecule has 1 aromatic rings. The molecule has 1 N–H and O–H groups in total. The Bertz CT molecular complexity index is 353. The monoisotopic (exact) mass is 227 g/mol. The second-order valence-electron chi connectivity index (χ2n) is 5.46. The second kappa shape index (κ2) is 3.26. The molecular formula is C12H18ClNO. The lowest BCUT2D eigenvalue weighted by molar-refractivity contribution is 0.457. The van der Waals surface area contributed by atoms with Gasteiger partial charge in [-0.25, -0.2) is 0 Å². The van der Waals surface area contributed by atoms with Gasteiger partial charge in [0.15, 0.2) is 5.22 Å². The molecule has 84 valence electrons. The smallest absolute Gasteiger partial charge is 0.193 e. The minimum Gasteiger partial charge on any atom is -0.448 e. The van der Waals surface area contributed by atoms with Crippen LogP contribution in [0.4, 0.5) is 0 Å². The van der Waals surface area contributed by atoms with Crippen LogP contribution in [0.15, 0.2) is 16.5 Å². The number of furan rings is 1. The Labute approximate surface area is 96.0 Å². The van der Waals surface area contributed by atoms with E-state index in [4.69, 9.17) is 16.0 Å². The molecule has 3 heteroatoms. The van der Waals surface area contributed by atoms with Crippen molar-refractivity contribution in [3.63, 3.8) is 0 Å². The predicted octanol–water partition coefficient (Wildman–Crippen LogP) is 3.46. The second-order valence-corrected chi connectivity index (χ2v) is 5.84. The van der Waals surface area contributed by atoms with Crippen LogP contribution >= 0.6 is 11.6 Å². The molecule has 0 radical (unpaired) electrons. The molecule has 1 heterocycles. The molecule has 0 saturated heterocycles. The molecule has 1 saturated carbocycles. The van der Waals surface area contributed by atoms with Crippen molar-refractivity contribution >= 4 is 11.6 Å². The maximum Gasteiger partial charge on any atom is 0.193 e. The summed E-state index contributed by atoms with van der Waals surface area (Å²) in [7, 11) is 0. The number of hydrogen-bond donors (Lipinski definition) is 1. The first kappa shape index (κ1) is 11.0. The van der Waals surface area contributed by atoms with Crippen LogP contribution in [0, 0.1) is 10.8 Å². The van der Waals surface area contributed by atoms with Crippen LogP contribution in [-0.2, 0) is 6.54 Å². The summed E-state index contributed by atoms with van der Waals surface area (Å²) in [6, 6.07) is 4.24. The Morgan fingerprint density at radius 3 is 2.27 bits per heavy atom. The highest BCUT2D eigenvalue weighted by Gasteiger charge is 2.64. The summed E-state index contributed by atoms with van der Waals surface area (Å²) in [5.74, 6) is 0.901. The van der Waals surface area contributed by atoms with E-state index in [0.29, 0.717) is 22.1 Å². The van der Waals surface area contributed by atoms with Gasteiger partial charge >= 0.3 is 0 Å². The lowest BCUT2D eigenvalue weighted by Crippen LogP contribution is -2.21. The summed E-state index contributed by atoms with van der Waals surface area (Å²) < 4.78 is 5.30. The first-order chi connectivity index (χ1) is 6.85. The summed E-state index contributed by atoms with van der Waals surface area (Å²) >= 11 is 5.71. The normalized spacial score (nSPS) is 23.0. The van der Waals surface area contributed by atoms with Crippen molar-refractivity contribution in [2.45, 2.75) is 40.3 Å². The number of halogens is 1. The van der Waals surface area contributed by atoms with Gasteiger partial charge in [-0.1, -0.05) is 27.7 Å². The first-order valence-electron chi connectivity index (χ1n) is 5.33. The Morgan fingerprint density at radius 1 is 1.27 bits per heavy atom. The molecule has 0 amide bonds. The first-order valence-corrected chi connectivity index (χ1v) is 5.71. The number of nitrogens with one attached hydrogen (secondary N) is 1. The molecule has 2 nitrogen and oxygen atoms in total. The largest absolute Gasteiger partial charge is 0.448 e. The average molecular weight is 228 g/mol. The Hall–Kier alpha value is -0.470. The van der Waals surface area contributed by atoms with Crippen LogP contribution in [0.25, 0.3) is 0 Å². The summed E-state index contributed by atoms with van der Waals surface area (Å²) in [6.45, 7) is 9.92. The van der Waals surface area contributed by atoms with Gasteiger partial charge in [-0.05, 0) is 34.6 Å². The third-order valence-corrected chi connectivity index (χ3v) is 4.33. The molecule has 1 fully saturated rings. The highest BCUT2D eigenvalue weighted by Crippen LogP contribution is 2.62. The van der Waals surface area contributed by atoms with E-state index in [1.165, 1.54) is 0 Å². The molecule has 0 atom stereocenters. The van der Waals surface area contributed by atoms with Crippen molar-refractivity contribution in [3.05, 3.63) is 23.1 Å². The van der Waals surface area contributed by atoms with E-state index >= 15 is 0 Å². The summed E-state index contributed by atoms with van der Waals surface area (Å²) in [5, 5.41) is 3.97. The maximum absolute atomic E-state index is 5.71. The molecule has 2 rings (SSSR count). The van der Waals surface area contributed by atoms with Crippen molar-refractivity contribution < 1.29 is 4.42 Å². The zero-order valence-electron chi connectivity index (χ0n) is 9.73. The van der Waals surface area contributed by atoms with Gasteiger partial charge in [-0.15, -0.1) is 0 Å². The molecule has 0 bridgehead atoms. The fourth-order valence-corrected chi connectivity index (χ4v) is 2.52. The molecule has 0 aliphatic heterocycles. The predicted molar refractivity (Wildman–Crippen MR) is 61.9 cm³/mol. The number of hydrogen-bond acceptors (Lipinski definition) is 2. The highest BCUT2D eigenvalue weighted by molar-refractivity contribution is 6.28. The van der Waals surface area contributed by atoms with E-state index in [9.17, 15) is 0 Å². The highest BCUT2D eigenvalue weighted by atomic mass is 35.5. The fraction of sp³-hybridized carbons (Fsp3) is 0.667. The van der Waals surface area contributed by atoms with Gasteiger partial charge in [-0.3, -0.25) is 0 Å². The van der Waals surface area contributed by atoms with E-state index in [0.717, 1.165) is 12.3 Å². The van der Waals surface area contributed by atoms with Gasteiger partial charge < -0.3 is 9.73 Å². The number of rotatable bonds is 3. The van der Waals surface area contributed by atoms with Crippen molar-refractivity contribution in [3.8, 4) is 0 Å². The molecule has 1 aliphatic carbocycles. The van der Waals surface area contributed by atoms with E-state index in [1.807, 2.05) is 6.07 Å². The molecule has 0 aromatic carbocycles. The Morgan fingerprint density at radius 2 is 1.87 bits per heavy atom. The standard InChI is InChI=1S/C12H18ClNO/c1-11(2)10(12(11,3)4)14-7-8-5-6-9(13)15-8/h5-6,10,14H,7H2,1-4H3. The van der Waals surface area contributed by atoms with E-state index in [-0.39, 0.29) is 0 Å². The van der Waals surface area contributed by atoms with Crippen LogP contribution in [0.2, 0.25) is 5.22 Å². The van der Waals surface area contributed by atoms with E-state index < -0.39 is 0 Å². The van der Waals surface area contributed by atoms with Crippen molar-refractivity contribution in [1.82, 2.24) is 5.32 Å². The van der Waals surface area contributed by atoms with E-state index in [1.54, 1.807) is 6.07 Å². The van der Waals surface area contributed by atoms with Crippen LogP contribution in [0.3, 0.4) is 0 Å². The Balaban J connectivity index is 1.91. The van der Waals surface area contributed by atoms with E-state index in [2.05, 4.69) is 33.0 Å². The molecule has 0 spiro atoms. The quantitative estimate of drug-likeness (QED) is 0.856. The van der Waals surface area contributed by atoms with Gasteiger partial charge in [-0.2, -0.15) is 0 Å². The average Bonchev–Trinajstić information content (AvgIpc) is 2.50. The van der Waals surface area contributed by atoms with Gasteiger partial charge in [0, 0.05) is 6.04 Å². The Kier molecular flexibility index (Phi) is 2.40. The molecular weight excluding hydrogens is 210 g/mol. The minimum absolute atomic E-state index is 0.364. The van der Waals surface area contributed by atoms with Crippen LogP contribution in [-0.4, -0.2) is 6.04 Å². The third-order valence-electron chi connectivity index (χ3n) is 4.13. The lowest BCUT2D eigenvalue weighted by atomic mass is 10.0. The van der Waals surface area contributed by atoms with Crippen molar-refractivity contribution in [2.75, 3.05) is 0 Å². The van der Waals surface area contributed by atoms with Crippen molar-refractivity contribution in [1.29, 1.82) is 0 Å². The SMILES string of the molecule is CC1(C)C(NCc2ccc(Cl)o2)C1(C)C. The van der Waals surface area contributed by atoms with Gasteiger partial charge in [0.05, 0.1) is 6.54 Å². The zero-order valence-corrected chi connectivity index (χ0v) is 10.5. The topological polar surface area (TPSA) is 25.2 Å². The van der Waals surface area contributed by atoms with Crippen LogP contribution < -0.4 is 5.32 Å². The van der Waals surface area contributed by atoms with Gasteiger partial charge in [0.25, 0.3) is 0 Å². The minimum atomic E-state index is 0.364. The molecule has 15 heavy (non-hydrogen) atoms. The van der Waals surface area contributed by atoms with Gasteiger partial charge in [0.1, 0.15) is 5.76 Å². The van der Waals surface area contributed by atoms with Crippen molar-refractivity contribution in [2.24, 2.45) is 10.8 Å². The summed E-state index contributed by atoms with van der Waals surface area (Å²) in [5.41, 5.74) is 0.729. The molecule has 0 unspecified atom stereocenters. The maximum atomic E-state index is 5.71. The zero-order chi connectivity index (χ0) is 11.3. The third kappa shape index (κ3) is 1.70. The molecule has 1 aliphatic rings. The van der Waals surface area contributed by atoms with Crippen LogP contribution in [0.1, 0.15) is 33.5 Å².